The zero-order valence-corrected chi connectivity index (χ0v) is 11.2. The molecule has 0 N–H and O–H groups in total. The Morgan fingerprint density at radius 1 is 1.40 bits per heavy atom. The van der Waals surface area contributed by atoms with Gasteiger partial charge in [-0.25, -0.2) is 0 Å². The van der Waals surface area contributed by atoms with Crippen molar-refractivity contribution in [3.8, 4) is 6.07 Å². The molecule has 0 saturated carbocycles. The second-order valence-electron chi connectivity index (χ2n) is 4.76. The molecule has 0 aliphatic rings. The monoisotopic (exact) mass is 229 g/mol. The summed E-state index contributed by atoms with van der Waals surface area (Å²) in [6, 6.07) is 2.29. The average Bonchev–Trinajstić information content (AvgIpc) is 2.22. The highest BCUT2D eigenvalue weighted by atomic mass is 32.2. The fourth-order valence-corrected chi connectivity index (χ4v) is 2.52. The van der Waals surface area contributed by atoms with Crippen molar-refractivity contribution in [2.24, 2.45) is 5.41 Å². The summed E-state index contributed by atoms with van der Waals surface area (Å²) in [4.78, 5) is 0. The van der Waals surface area contributed by atoms with E-state index in [1.54, 1.807) is 0 Å². The summed E-state index contributed by atoms with van der Waals surface area (Å²) in [7, 11) is -0.678. The molecule has 0 aromatic carbocycles. The fraction of sp³-hybridized carbons (Fsp3) is 0.917. The first-order valence-corrected chi connectivity index (χ1v) is 7.09. The molecule has 0 aliphatic carbocycles. The first-order valence-electron chi connectivity index (χ1n) is 5.71. The molecule has 0 aromatic rings. The highest BCUT2D eigenvalue weighted by Gasteiger charge is 2.16. The molecule has 88 valence electrons. The summed E-state index contributed by atoms with van der Waals surface area (Å²) < 4.78 is 11.6. The van der Waals surface area contributed by atoms with Crippen LogP contribution in [-0.2, 0) is 10.8 Å². The van der Waals surface area contributed by atoms with Crippen LogP contribution in [0.1, 0.15) is 53.4 Å². The van der Waals surface area contributed by atoms with Gasteiger partial charge in [-0.3, -0.25) is 4.21 Å². The van der Waals surface area contributed by atoms with Gasteiger partial charge in [0.25, 0.3) is 0 Å². The third kappa shape index (κ3) is 6.67. The van der Waals surface area contributed by atoms with Gasteiger partial charge in [0.2, 0.25) is 0 Å². The summed E-state index contributed by atoms with van der Waals surface area (Å²) in [6.45, 7) is 8.02. The molecule has 3 heteroatoms. The largest absolute Gasteiger partial charge is 0.259 e. The van der Waals surface area contributed by atoms with Crippen LogP contribution in [-0.4, -0.2) is 15.2 Å². The van der Waals surface area contributed by atoms with E-state index in [4.69, 9.17) is 5.26 Å². The topological polar surface area (TPSA) is 40.9 Å². The summed E-state index contributed by atoms with van der Waals surface area (Å²) in [6.07, 6.45) is 3.86. The molecule has 2 atom stereocenters. The number of rotatable bonds is 7. The number of hydrogen-bond acceptors (Lipinski definition) is 2. The third-order valence-electron chi connectivity index (χ3n) is 2.72. The molecular weight excluding hydrogens is 206 g/mol. The van der Waals surface area contributed by atoms with Crippen molar-refractivity contribution in [1.82, 2.24) is 0 Å². The molecule has 2 unspecified atom stereocenters. The Hall–Kier alpha value is -0.360. The molecule has 0 fully saturated rings. The Morgan fingerprint density at radius 3 is 2.47 bits per heavy atom. The lowest BCUT2D eigenvalue weighted by Gasteiger charge is -2.14. The van der Waals surface area contributed by atoms with Crippen LogP contribution in [0.3, 0.4) is 0 Å². The number of nitrogens with zero attached hydrogens (tertiary/aromatic N) is 1. The van der Waals surface area contributed by atoms with Crippen LogP contribution in [0.4, 0.5) is 0 Å². The number of unbranched alkanes of at least 4 members (excludes halogenated alkanes) is 1. The van der Waals surface area contributed by atoms with Gasteiger partial charge in [0, 0.05) is 21.8 Å². The van der Waals surface area contributed by atoms with Gasteiger partial charge in [0.05, 0.1) is 11.5 Å². The van der Waals surface area contributed by atoms with Gasteiger partial charge in [-0.15, -0.1) is 0 Å². The highest BCUT2D eigenvalue weighted by Crippen LogP contribution is 2.21. The Balaban J connectivity index is 3.65. The molecule has 0 amide bonds. The van der Waals surface area contributed by atoms with Crippen molar-refractivity contribution >= 4 is 10.8 Å². The minimum Gasteiger partial charge on any atom is -0.259 e. The predicted octanol–water partition coefficient (Wildman–Crippen LogP) is 3.25. The molecule has 0 radical (unpaired) electrons. The van der Waals surface area contributed by atoms with E-state index < -0.39 is 10.8 Å². The zero-order valence-electron chi connectivity index (χ0n) is 10.4. The van der Waals surface area contributed by atoms with Crippen LogP contribution in [0.2, 0.25) is 0 Å². The van der Waals surface area contributed by atoms with E-state index in [0.717, 1.165) is 31.4 Å². The summed E-state index contributed by atoms with van der Waals surface area (Å²) >= 11 is 0. The smallest absolute Gasteiger partial charge is 0.0683 e. The minimum absolute atomic E-state index is 0.224. The van der Waals surface area contributed by atoms with E-state index in [2.05, 4.69) is 13.0 Å². The highest BCUT2D eigenvalue weighted by molar-refractivity contribution is 7.85. The van der Waals surface area contributed by atoms with Crippen molar-refractivity contribution in [3.63, 3.8) is 0 Å². The average molecular weight is 229 g/mol. The molecule has 2 nitrogen and oxygen atoms in total. The number of hydrogen-bond donors (Lipinski definition) is 0. The fourth-order valence-electron chi connectivity index (χ4n) is 1.25. The van der Waals surface area contributed by atoms with Gasteiger partial charge in [-0.1, -0.05) is 20.3 Å². The van der Waals surface area contributed by atoms with Crippen LogP contribution in [0.25, 0.3) is 0 Å². The first-order chi connectivity index (χ1) is 6.93. The summed E-state index contributed by atoms with van der Waals surface area (Å²) in [5, 5.41) is 9.13. The van der Waals surface area contributed by atoms with Crippen molar-refractivity contribution in [2.75, 3.05) is 5.75 Å². The zero-order chi connectivity index (χ0) is 11.9. The summed E-state index contributed by atoms with van der Waals surface area (Å²) in [5.41, 5.74) is -0.224. The first kappa shape index (κ1) is 14.6. The van der Waals surface area contributed by atoms with Gasteiger partial charge in [0.1, 0.15) is 0 Å². The quantitative estimate of drug-likeness (QED) is 0.629. The minimum atomic E-state index is -0.678. The Bertz CT molecular complexity index is 242. The van der Waals surface area contributed by atoms with Crippen LogP contribution < -0.4 is 0 Å². The van der Waals surface area contributed by atoms with Crippen molar-refractivity contribution in [2.45, 2.75) is 58.6 Å². The van der Waals surface area contributed by atoms with Crippen molar-refractivity contribution in [3.05, 3.63) is 0 Å². The lowest BCUT2D eigenvalue weighted by molar-refractivity contribution is 0.432. The van der Waals surface area contributed by atoms with Gasteiger partial charge < -0.3 is 0 Å². The molecule has 15 heavy (non-hydrogen) atoms. The molecule has 0 aliphatic heterocycles. The van der Waals surface area contributed by atoms with Gasteiger partial charge in [0.15, 0.2) is 0 Å². The molecule has 0 aromatic heterocycles. The molecule has 0 saturated heterocycles. The van der Waals surface area contributed by atoms with E-state index in [-0.39, 0.29) is 5.41 Å². The maximum Gasteiger partial charge on any atom is 0.0683 e. The third-order valence-corrected chi connectivity index (χ3v) is 4.65. The summed E-state index contributed by atoms with van der Waals surface area (Å²) in [5.74, 6) is 0.788. The molecule has 0 bridgehead atoms. The van der Waals surface area contributed by atoms with E-state index in [1.807, 2.05) is 20.8 Å². The second kappa shape index (κ2) is 7.00. The maximum absolute atomic E-state index is 11.6. The van der Waals surface area contributed by atoms with Gasteiger partial charge in [-0.2, -0.15) is 5.26 Å². The van der Waals surface area contributed by atoms with E-state index in [1.165, 1.54) is 0 Å². The standard InChI is InChI=1S/C12H23NOS/c1-5-11(2)15(14)9-7-6-8-12(3,4)10-13/h11H,5-9H2,1-4H3. The van der Waals surface area contributed by atoms with Gasteiger partial charge >= 0.3 is 0 Å². The molecule has 0 rings (SSSR count). The van der Waals surface area contributed by atoms with E-state index in [9.17, 15) is 4.21 Å². The predicted molar refractivity (Wildman–Crippen MR) is 66.0 cm³/mol. The van der Waals surface area contributed by atoms with E-state index in [0.29, 0.717) is 5.25 Å². The van der Waals surface area contributed by atoms with Crippen molar-refractivity contribution in [1.29, 1.82) is 5.26 Å². The lowest BCUT2D eigenvalue weighted by Crippen LogP contribution is -2.13. The lowest BCUT2D eigenvalue weighted by atomic mass is 9.89. The Morgan fingerprint density at radius 2 is 2.00 bits per heavy atom. The van der Waals surface area contributed by atoms with Crippen LogP contribution in [0.5, 0.6) is 0 Å². The van der Waals surface area contributed by atoms with Gasteiger partial charge in [-0.05, 0) is 33.1 Å². The molecule has 0 heterocycles. The SMILES string of the molecule is CCC(C)S(=O)CCCCC(C)(C)C#N. The molecular formula is C12H23NOS. The maximum atomic E-state index is 11.6. The van der Waals surface area contributed by atoms with E-state index >= 15 is 0 Å². The normalized spacial score (nSPS) is 15.7. The van der Waals surface area contributed by atoms with Crippen LogP contribution >= 0.6 is 0 Å². The van der Waals surface area contributed by atoms with Crippen LogP contribution in [0, 0.1) is 16.7 Å². The number of nitriles is 1. The van der Waals surface area contributed by atoms with Crippen molar-refractivity contribution < 1.29 is 4.21 Å². The second-order valence-corrected chi connectivity index (χ2v) is 6.73. The Kier molecular flexibility index (Phi) is 6.84. The Labute approximate surface area is 96.5 Å². The molecule has 0 spiro atoms. The van der Waals surface area contributed by atoms with Crippen LogP contribution in [0.15, 0.2) is 0 Å².